The van der Waals surface area contributed by atoms with E-state index in [1.54, 1.807) is 6.92 Å². The number of allylic oxidation sites excluding steroid dienone is 2. The zero-order valence-corrected chi connectivity index (χ0v) is 10.3. The highest BCUT2D eigenvalue weighted by molar-refractivity contribution is 5.88. The molecule has 1 aromatic rings. The molecule has 1 aromatic carbocycles. The maximum absolute atomic E-state index is 11.3. The summed E-state index contributed by atoms with van der Waals surface area (Å²) >= 11 is 0. The van der Waals surface area contributed by atoms with Crippen molar-refractivity contribution in [3.8, 4) is 0 Å². The molecule has 0 heterocycles. The molecular formula is C16H18O. The molecule has 1 nitrogen and oxygen atoms in total. The number of ketones is 1. The Kier molecular flexibility index (Phi) is 2.62. The van der Waals surface area contributed by atoms with Crippen LogP contribution in [0.1, 0.15) is 30.9 Å². The summed E-state index contributed by atoms with van der Waals surface area (Å²) in [5.41, 5.74) is 4.41. The van der Waals surface area contributed by atoms with Gasteiger partial charge < -0.3 is 0 Å². The van der Waals surface area contributed by atoms with Crippen LogP contribution in [0.2, 0.25) is 0 Å². The van der Waals surface area contributed by atoms with Gasteiger partial charge in [-0.1, -0.05) is 29.8 Å². The fraction of sp³-hybridized carbons (Fsp3) is 0.438. The molecule has 0 aliphatic heterocycles. The van der Waals surface area contributed by atoms with Gasteiger partial charge in [0.05, 0.1) is 0 Å². The molecule has 0 radical (unpaired) electrons. The molecule has 0 saturated heterocycles. The van der Waals surface area contributed by atoms with Gasteiger partial charge in [0.2, 0.25) is 0 Å². The van der Waals surface area contributed by atoms with Crippen LogP contribution < -0.4 is 0 Å². The molecule has 0 amide bonds. The number of carbonyl (C=O) groups excluding carboxylic acids is 1. The number of benzene rings is 1. The zero-order chi connectivity index (χ0) is 11.8. The number of hydrogen-bond donors (Lipinski definition) is 0. The van der Waals surface area contributed by atoms with Crippen molar-refractivity contribution < 1.29 is 4.79 Å². The van der Waals surface area contributed by atoms with Crippen LogP contribution in [0, 0.1) is 11.8 Å². The van der Waals surface area contributed by atoms with Gasteiger partial charge in [-0.25, -0.2) is 0 Å². The summed E-state index contributed by atoms with van der Waals surface area (Å²) in [5.74, 6) is 1.45. The molecule has 2 aliphatic carbocycles. The monoisotopic (exact) mass is 226 g/mol. The smallest absolute Gasteiger partial charge is 0.152 e. The Morgan fingerprint density at radius 1 is 1.12 bits per heavy atom. The van der Waals surface area contributed by atoms with E-state index in [-0.39, 0.29) is 5.78 Å². The Balaban J connectivity index is 2.00. The third kappa shape index (κ3) is 1.95. The number of hydrogen-bond acceptors (Lipinski definition) is 1. The van der Waals surface area contributed by atoms with Crippen LogP contribution in [0.15, 0.2) is 35.9 Å². The Morgan fingerprint density at radius 2 is 1.65 bits per heavy atom. The quantitative estimate of drug-likeness (QED) is 0.671. The first kappa shape index (κ1) is 10.8. The second-order valence-corrected chi connectivity index (χ2v) is 5.40. The molecule has 17 heavy (non-hydrogen) atoms. The zero-order valence-electron chi connectivity index (χ0n) is 10.3. The molecule has 1 fully saturated rings. The van der Waals surface area contributed by atoms with Crippen LogP contribution in [0.4, 0.5) is 0 Å². The van der Waals surface area contributed by atoms with E-state index in [0.29, 0.717) is 11.8 Å². The highest BCUT2D eigenvalue weighted by atomic mass is 16.1. The van der Waals surface area contributed by atoms with Crippen LogP contribution in [0.5, 0.6) is 0 Å². The highest BCUT2D eigenvalue weighted by Gasteiger charge is 2.33. The maximum Gasteiger partial charge on any atom is 0.152 e. The van der Waals surface area contributed by atoms with Crippen molar-refractivity contribution >= 4 is 5.78 Å². The average molecular weight is 226 g/mol. The van der Waals surface area contributed by atoms with Crippen LogP contribution in [-0.4, -0.2) is 5.78 Å². The second-order valence-electron chi connectivity index (χ2n) is 5.40. The fourth-order valence-electron chi connectivity index (χ4n) is 3.47. The van der Waals surface area contributed by atoms with E-state index >= 15 is 0 Å². The van der Waals surface area contributed by atoms with Gasteiger partial charge in [0, 0.05) is 0 Å². The summed E-state index contributed by atoms with van der Waals surface area (Å²) in [6, 6.07) is 8.77. The standard InChI is InChI=1S/C16H18O/c1-11(17)8-16-14-6-7-15(16)10-13-5-3-2-4-12(13)9-14/h2-5,8,14-15H,6-7,9-10H2,1H3. The van der Waals surface area contributed by atoms with E-state index in [0.717, 1.165) is 12.8 Å². The fourth-order valence-corrected chi connectivity index (χ4v) is 3.47. The Labute approximate surface area is 103 Å². The van der Waals surface area contributed by atoms with Crippen molar-refractivity contribution in [1.82, 2.24) is 0 Å². The van der Waals surface area contributed by atoms with Gasteiger partial charge in [-0.05, 0) is 61.6 Å². The van der Waals surface area contributed by atoms with Crippen LogP contribution in [0.25, 0.3) is 0 Å². The first-order valence-electron chi connectivity index (χ1n) is 6.53. The van der Waals surface area contributed by atoms with Crippen molar-refractivity contribution in [1.29, 1.82) is 0 Å². The molecule has 0 N–H and O–H groups in total. The van der Waals surface area contributed by atoms with E-state index in [1.807, 2.05) is 6.08 Å². The molecule has 1 saturated carbocycles. The minimum Gasteiger partial charge on any atom is -0.295 e. The second kappa shape index (κ2) is 4.14. The molecule has 2 unspecified atom stereocenters. The van der Waals surface area contributed by atoms with Gasteiger partial charge in [0.15, 0.2) is 5.78 Å². The van der Waals surface area contributed by atoms with E-state index < -0.39 is 0 Å². The van der Waals surface area contributed by atoms with Crippen molar-refractivity contribution in [2.45, 2.75) is 32.6 Å². The van der Waals surface area contributed by atoms with E-state index in [2.05, 4.69) is 24.3 Å². The van der Waals surface area contributed by atoms with E-state index in [4.69, 9.17) is 0 Å². The molecular weight excluding hydrogens is 208 g/mol. The predicted molar refractivity (Wildman–Crippen MR) is 68.8 cm³/mol. The van der Waals surface area contributed by atoms with Gasteiger partial charge in [-0.2, -0.15) is 0 Å². The summed E-state index contributed by atoms with van der Waals surface area (Å²) in [4.78, 5) is 11.3. The van der Waals surface area contributed by atoms with Gasteiger partial charge in [-0.15, -0.1) is 0 Å². The van der Waals surface area contributed by atoms with Gasteiger partial charge in [0.1, 0.15) is 0 Å². The highest BCUT2D eigenvalue weighted by Crippen LogP contribution is 2.43. The van der Waals surface area contributed by atoms with Gasteiger partial charge >= 0.3 is 0 Å². The maximum atomic E-state index is 11.3. The number of rotatable bonds is 1. The third-order valence-electron chi connectivity index (χ3n) is 4.23. The normalized spacial score (nSPS) is 26.3. The molecule has 2 aliphatic rings. The molecule has 0 aromatic heterocycles. The Hall–Kier alpha value is -1.37. The first-order valence-corrected chi connectivity index (χ1v) is 6.53. The van der Waals surface area contributed by atoms with Crippen LogP contribution in [-0.2, 0) is 17.6 Å². The Morgan fingerprint density at radius 3 is 2.12 bits per heavy atom. The van der Waals surface area contributed by atoms with E-state index in [9.17, 15) is 4.79 Å². The number of fused-ring (bicyclic) bond motifs is 3. The topological polar surface area (TPSA) is 17.1 Å². The minimum atomic E-state index is 0.211. The molecule has 2 atom stereocenters. The minimum absolute atomic E-state index is 0.211. The lowest BCUT2D eigenvalue weighted by Gasteiger charge is -2.11. The largest absolute Gasteiger partial charge is 0.295 e. The van der Waals surface area contributed by atoms with E-state index in [1.165, 1.54) is 29.5 Å². The van der Waals surface area contributed by atoms with Crippen LogP contribution >= 0.6 is 0 Å². The lowest BCUT2D eigenvalue weighted by Crippen LogP contribution is -2.04. The van der Waals surface area contributed by atoms with Crippen LogP contribution in [0.3, 0.4) is 0 Å². The number of carbonyl (C=O) groups is 1. The lowest BCUT2D eigenvalue weighted by atomic mass is 9.93. The predicted octanol–water partition coefficient (Wildman–Crippen LogP) is 3.33. The van der Waals surface area contributed by atoms with Crippen molar-refractivity contribution in [2.75, 3.05) is 0 Å². The molecule has 1 heteroatoms. The molecule has 2 bridgehead atoms. The summed E-state index contributed by atoms with van der Waals surface area (Å²) in [6.45, 7) is 1.67. The third-order valence-corrected chi connectivity index (χ3v) is 4.23. The molecule has 88 valence electrons. The van der Waals surface area contributed by atoms with Crippen molar-refractivity contribution in [2.24, 2.45) is 11.8 Å². The summed E-state index contributed by atoms with van der Waals surface area (Å²) in [6.07, 6.45) is 6.70. The molecule has 3 rings (SSSR count). The average Bonchev–Trinajstić information content (AvgIpc) is 2.55. The molecule has 0 spiro atoms. The summed E-state index contributed by atoms with van der Waals surface area (Å²) in [7, 11) is 0. The SMILES string of the molecule is CC(=O)C=C1C2CCC1Cc1ccccc1C2. The Bertz CT molecular complexity index is 449. The van der Waals surface area contributed by atoms with Gasteiger partial charge in [0.25, 0.3) is 0 Å². The summed E-state index contributed by atoms with van der Waals surface area (Å²) < 4.78 is 0. The first-order chi connectivity index (χ1) is 8.24. The van der Waals surface area contributed by atoms with Crippen molar-refractivity contribution in [3.05, 3.63) is 47.0 Å². The van der Waals surface area contributed by atoms with Crippen molar-refractivity contribution in [3.63, 3.8) is 0 Å². The van der Waals surface area contributed by atoms with Gasteiger partial charge in [-0.3, -0.25) is 4.79 Å². The summed E-state index contributed by atoms with van der Waals surface area (Å²) in [5, 5.41) is 0. The lowest BCUT2D eigenvalue weighted by molar-refractivity contribution is -0.112.